The average molecular weight is 140 g/mol. The van der Waals surface area contributed by atoms with E-state index in [0.717, 1.165) is 17.8 Å². The van der Waals surface area contributed by atoms with E-state index < -0.39 is 0 Å². The van der Waals surface area contributed by atoms with Crippen LogP contribution in [0.2, 0.25) is 0 Å². The summed E-state index contributed by atoms with van der Waals surface area (Å²) >= 11 is 0. The monoisotopic (exact) mass is 140 g/mol. The zero-order valence-electron chi connectivity index (χ0n) is 7.56. The van der Waals surface area contributed by atoms with Crippen molar-refractivity contribution >= 4 is 0 Å². The molecular formula is C10H20. The lowest BCUT2D eigenvalue weighted by Gasteiger charge is -2.05. The van der Waals surface area contributed by atoms with Crippen LogP contribution in [0.4, 0.5) is 0 Å². The summed E-state index contributed by atoms with van der Waals surface area (Å²) in [7, 11) is 0. The highest BCUT2D eigenvalue weighted by molar-refractivity contribution is 4.85. The van der Waals surface area contributed by atoms with E-state index in [1.807, 2.05) is 0 Å². The second-order valence-electron chi connectivity index (χ2n) is 3.91. The highest BCUT2D eigenvalue weighted by Crippen LogP contribution is 2.45. The van der Waals surface area contributed by atoms with E-state index in [2.05, 4.69) is 20.8 Å². The van der Waals surface area contributed by atoms with Crippen LogP contribution in [-0.4, -0.2) is 0 Å². The minimum Gasteiger partial charge on any atom is -0.0651 e. The van der Waals surface area contributed by atoms with Crippen molar-refractivity contribution in [2.24, 2.45) is 17.8 Å². The van der Waals surface area contributed by atoms with Gasteiger partial charge in [-0.25, -0.2) is 0 Å². The molecule has 60 valence electrons. The van der Waals surface area contributed by atoms with Crippen LogP contribution < -0.4 is 0 Å². The van der Waals surface area contributed by atoms with Gasteiger partial charge in [-0.2, -0.15) is 0 Å². The van der Waals surface area contributed by atoms with Gasteiger partial charge in [0, 0.05) is 0 Å². The molecule has 3 unspecified atom stereocenters. The van der Waals surface area contributed by atoms with Crippen LogP contribution in [0.3, 0.4) is 0 Å². The molecule has 0 N–H and O–H groups in total. The van der Waals surface area contributed by atoms with Crippen molar-refractivity contribution in [3.8, 4) is 0 Å². The summed E-state index contributed by atoms with van der Waals surface area (Å²) in [6.45, 7) is 7.00. The number of rotatable bonds is 4. The van der Waals surface area contributed by atoms with Gasteiger partial charge in [-0.3, -0.25) is 0 Å². The Hall–Kier alpha value is 0. The van der Waals surface area contributed by atoms with Crippen molar-refractivity contribution in [2.75, 3.05) is 0 Å². The Balaban J connectivity index is 2.05. The van der Waals surface area contributed by atoms with E-state index in [4.69, 9.17) is 0 Å². The highest BCUT2D eigenvalue weighted by Gasteiger charge is 2.35. The molecule has 0 radical (unpaired) electrons. The third kappa shape index (κ3) is 2.00. The van der Waals surface area contributed by atoms with Crippen LogP contribution in [0.1, 0.15) is 46.5 Å². The van der Waals surface area contributed by atoms with Gasteiger partial charge in [-0.1, -0.05) is 33.6 Å². The molecule has 1 rings (SSSR count). The van der Waals surface area contributed by atoms with Gasteiger partial charge in [-0.05, 0) is 30.6 Å². The first-order valence-electron chi connectivity index (χ1n) is 4.77. The normalized spacial score (nSPS) is 33.9. The van der Waals surface area contributed by atoms with Crippen molar-refractivity contribution in [1.82, 2.24) is 0 Å². The van der Waals surface area contributed by atoms with Crippen LogP contribution in [0.15, 0.2) is 0 Å². The molecule has 3 atom stereocenters. The van der Waals surface area contributed by atoms with Crippen LogP contribution in [0.25, 0.3) is 0 Å². The molecule has 1 saturated carbocycles. The van der Waals surface area contributed by atoms with Gasteiger partial charge >= 0.3 is 0 Å². The summed E-state index contributed by atoms with van der Waals surface area (Å²) in [5, 5.41) is 0. The molecule has 0 aromatic heterocycles. The predicted molar refractivity (Wildman–Crippen MR) is 46.0 cm³/mol. The minimum absolute atomic E-state index is 0.974. The van der Waals surface area contributed by atoms with E-state index >= 15 is 0 Å². The number of hydrogen-bond donors (Lipinski definition) is 0. The summed E-state index contributed by atoms with van der Waals surface area (Å²) in [5.74, 6) is 3.19. The lowest BCUT2D eigenvalue weighted by atomic mass is 10.0. The molecule has 0 amide bonds. The zero-order chi connectivity index (χ0) is 7.56. The highest BCUT2D eigenvalue weighted by atomic mass is 14.4. The lowest BCUT2D eigenvalue weighted by Crippen LogP contribution is -1.94. The summed E-state index contributed by atoms with van der Waals surface area (Å²) in [6.07, 6.45) is 5.81. The largest absolute Gasteiger partial charge is 0.0651 e. The molecule has 0 aromatic rings. The molecule has 0 aliphatic heterocycles. The predicted octanol–water partition coefficient (Wildman–Crippen LogP) is 3.47. The van der Waals surface area contributed by atoms with E-state index in [-0.39, 0.29) is 0 Å². The maximum atomic E-state index is 2.38. The Morgan fingerprint density at radius 2 is 2.00 bits per heavy atom. The Morgan fingerprint density at radius 1 is 1.30 bits per heavy atom. The first kappa shape index (κ1) is 8.10. The molecule has 0 heteroatoms. The van der Waals surface area contributed by atoms with E-state index in [1.165, 1.54) is 25.7 Å². The molecule has 0 nitrogen and oxygen atoms in total. The third-order valence-corrected chi connectivity index (χ3v) is 3.00. The number of hydrogen-bond acceptors (Lipinski definition) is 0. The van der Waals surface area contributed by atoms with E-state index in [1.54, 1.807) is 0 Å². The standard InChI is InChI=1S/C10H20/c1-4-8(3)6-10-7-9(10)5-2/h8-10H,4-7H2,1-3H3. The Kier molecular flexibility index (Phi) is 2.76. The fourth-order valence-electron chi connectivity index (χ4n) is 1.78. The van der Waals surface area contributed by atoms with E-state index in [9.17, 15) is 0 Å². The molecule has 0 saturated heterocycles. The first-order chi connectivity index (χ1) is 4.77. The van der Waals surface area contributed by atoms with Crippen molar-refractivity contribution in [3.05, 3.63) is 0 Å². The summed E-state index contributed by atoms with van der Waals surface area (Å²) in [6, 6.07) is 0. The summed E-state index contributed by atoms with van der Waals surface area (Å²) < 4.78 is 0. The second-order valence-corrected chi connectivity index (χ2v) is 3.91. The molecule has 1 fully saturated rings. The average Bonchev–Trinajstić information content (AvgIpc) is 2.67. The summed E-state index contributed by atoms with van der Waals surface area (Å²) in [5.41, 5.74) is 0. The van der Waals surface area contributed by atoms with Gasteiger partial charge in [0.05, 0.1) is 0 Å². The zero-order valence-corrected chi connectivity index (χ0v) is 7.56. The molecule has 0 heterocycles. The molecule has 1 aliphatic carbocycles. The fourth-order valence-corrected chi connectivity index (χ4v) is 1.78. The van der Waals surface area contributed by atoms with Crippen molar-refractivity contribution in [3.63, 3.8) is 0 Å². The third-order valence-electron chi connectivity index (χ3n) is 3.00. The van der Waals surface area contributed by atoms with E-state index in [0.29, 0.717) is 0 Å². The van der Waals surface area contributed by atoms with Crippen molar-refractivity contribution < 1.29 is 0 Å². The Morgan fingerprint density at radius 3 is 2.40 bits per heavy atom. The molecular weight excluding hydrogens is 120 g/mol. The lowest BCUT2D eigenvalue weighted by molar-refractivity contribution is 0.461. The first-order valence-corrected chi connectivity index (χ1v) is 4.77. The van der Waals surface area contributed by atoms with Crippen LogP contribution in [0, 0.1) is 17.8 Å². The fraction of sp³-hybridized carbons (Fsp3) is 1.00. The molecule has 0 spiro atoms. The van der Waals surface area contributed by atoms with Crippen LogP contribution in [-0.2, 0) is 0 Å². The second kappa shape index (κ2) is 3.41. The topological polar surface area (TPSA) is 0 Å². The molecule has 10 heavy (non-hydrogen) atoms. The maximum absolute atomic E-state index is 2.38. The maximum Gasteiger partial charge on any atom is -0.0381 e. The van der Waals surface area contributed by atoms with Gasteiger partial charge in [0.1, 0.15) is 0 Å². The van der Waals surface area contributed by atoms with Crippen molar-refractivity contribution in [1.29, 1.82) is 0 Å². The molecule has 1 aliphatic rings. The SMILES string of the molecule is CCC(C)CC1CC1CC. The Labute approximate surface area is 65.0 Å². The van der Waals surface area contributed by atoms with Gasteiger partial charge in [-0.15, -0.1) is 0 Å². The van der Waals surface area contributed by atoms with Crippen molar-refractivity contribution in [2.45, 2.75) is 46.5 Å². The van der Waals surface area contributed by atoms with Crippen LogP contribution >= 0.6 is 0 Å². The van der Waals surface area contributed by atoms with Gasteiger partial charge in [0.25, 0.3) is 0 Å². The summed E-state index contributed by atoms with van der Waals surface area (Å²) in [4.78, 5) is 0. The van der Waals surface area contributed by atoms with Gasteiger partial charge < -0.3 is 0 Å². The molecule has 0 aromatic carbocycles. The van der Waals surface area contributed by atoms with Gasteiger partial charge in [0.2, 0.25) is 0 Å². The van der Waals surface area contributed by atoms with Gasteiger partial charge in [0.15, 0.2) is 0 Å². The quantitative estimate of drug-likeness (QED) is 0.561. The van der Waals surface area contributed by atoms with Crippen LogP contribution in [0.5, 0.6) is 0 Å². The minimum atomic E-state index is 0.974. The Bertz CT molecular complexity index is 96.2. The smallest absolute Gasteiger partial charge is 0.0381 e. The molecule has 0 bridgehead atoms.